The number of rotatable bonds is 8. The number of hydrogen-bond acceptors (Lipinski definition) is 1. The predicted molar refractivity (Wildman–Crippen MR) is 75.6 cm³/mol. The second kappa shape index (κ2) is 8.71. The van der Waals surface area contributed by atoms with Crippen molar-refractivity contribution < 1.29 is 5.11 Å². The lowest BCUT2D eigenvalue weighted by Gasteiger charge is -2.11. The predicted octanol–water partition coefficient (Wildman–Crippen LogP) is 4.64. The first-order chi connectivity index (χ1) is 6.06. The maximum absolute atomic E-state index is 9.43. The lowest BCUT2D eigenvalue weighted by molar-refractivity contribution is 0.247. The van der Waals surface area contributed by atoms with E-state index in [1.54, 1.807) is 0 Å². The van der Waals surface area contributed by atoms with Gasteiger partial charge in [0.15, 0.2) is 1.61 Å². The molecule has 0 bridgehead atoms. The number of aliphatic hydroxyl groups is 1. The third kappa shape index (κ3) is 13.4. The minimum atomic E-state index is -0.515. The van der Waals surface area contributed by atoms with Gasteiger partial charge in [-0.2, -0.15) is 0 Å². The van der Waals surface area contributed by atoms with E-state index in [-0.39, 0.29) is 0 Å². The minimum absolute atomic E-state index is 0.515. The van der Waals surface area contributed by atoms with Crippen LogP contribution in [0.2, 0.25) is 0 Å². The van der Waals surface area contributed by atoms with Crippen molar-refractivity contribution in [1.29, 1.82) is 0 Å². The average molecular weight is 410 g/mol. The van der Waals surface area contributed by atoms with Crippen LogP contribution in [0.3, 0.4) is 0 Å². The Morgan fingerprint density at radius 2 is 1.38 bits per heavy atom. The Bertz CT molecular complexity index is 110. The molecule has 0 atom stereocenters. The summed E-state index contributed by atoms with van der Waals surface area (Å²) in [4.78, 5) is 0. The lowest BCUT2D eigenvalue weighted by atomic mass is 10.1. The first-order valence-corrected chi connectivity index (χ1v) is 7.32. The second-order valence-electron chi connectivity index (χ2n) is 3.54. The van der Waals surface area contributed by atoms with Gasteiger partial charge in [-0.15, -0.1) is 0 Å². The van der Waals surface area contributed by atoms with E-state index in [4.69, 9.17) is 0 Å². The number of hydrogen-bond donors (Lipinski definition) is 1. The van der Waals surface area contributed by atoms with Crippen molar-refractivity contribution in [2.45, 2.75) is 59.9 Å². The van der Waals surface area contributed by atoms with Crippen LogP contribution in [-0.4, -0.2) is 6.72 Å². The SMILES string of the molecule is CCCCCCCCCC(O)(I)I. The highest BCUT2D eigenvalue weighted by atomic mass is 127. The van der Waals surface area contributed by atoms with Crippen molar-refractivity contribution >= 4 is 45.2 Å². The van der Waals surface area contributed by atoms with Gasteiger partial charge in [0.1, 0.15) is 0 Å². The molecule has 0 fully saturated rings. The van der Waals surface area contributed by atoms with Crippen molar-refractivity contribution in [3.05, 3.63) is 0 Å². The molecule has 80 valence electrons. The van der Waals surface area contributed by atoms with Gasteiger partial charge in [-0.25, -0.2) is 0 Å². The van der Waals surface area contributed by atoms with Gasteiger partial charge < -0.3 is 5.11 Å². The van der Waals surface area contributed by atoms with Crippen LogP contribution in [0.1, 0.15) is 58.3 Å². The molecule has 0 aliphatic heterocycles. The van der Waals surface area contributed by atoms with E-state index in [9.17, 15) is 5.11 Å². The Balaban J connectivity index is 3.00. The van der Waals surface area contributed by atoms with Crippen molar-refractivity contribution in [2.75, 3.05) is 0 Å². The zero-order chi connectivity index (χ0) is 10.2. The van der Waals surface area contributed by atoms with Gasteiger partial charge in [0, 0.05) is 0 Å². The number of alkyl halides is 2. The summed E-state index contributed by atoms with van der Waals surface area (Å²) in [5, 5.41) is 9.43. The molecule has 0 amide bonds. The second-order valence-corrected chi connectivity index (χ2v) is 9.17. The van der Waals surface area contributed by atoms with E-state index in [1.165, 1.54) is 38.5 Å². The maximum Gasteiger partial charge on any atom is 0.166 e. The summed E-state index contributed by atoms with van der Waals surface area (Å²) in [5.74, 6) is 0. The molecular formula is C10H20I2O. The molecule has 0 saturated heterocycles. The molecule has 1 N–H and O–H groups in total. The van der Waals surface area contributed by atoms with E-state index >= 15 is 0 Å². The molecule has 0 rings (SSSR count). The topological polar surface area (TPSA) is 20.2 Å². The highest BCUT2D eigenvalue weighted by Gasteiger charge is 2.15. The van der Waals surface area contributed by atoms with Crippen LogP contribution >= 0.6 is 45.2 Å². The van der Waals surface area contributed by atoms with Crippen LogP contribution in [0.25, 0.3) is 0 Å². The fourth-order valence-corrected chi connectivity index (χ4v) is 2.06. The van der Waals surface area contributed by atoms with E-state index in [0.717, 1.165) is 12.8 Å². The third-order valence-corrected chi connectivity index (χ3v) is 3.16. The Kier molecular flexibility index (Phi) is 9.66. The summed E-state index contributed by atoms with van der Waals surface area (Å²) in [5.41, 5.74) is 0. The fraction of sp³-hybridized carbons (Fsp3) is 1.00. The van der Waals surface area contributed by atoms with Crippen LogP contribution in [0.5, 0.6) is 0 Å². The average Bonchev–Trinajstić information content (AvgIpc) is 2.01. The molecule has 0 spiro atoms. The highest BCUT2D eigenvalue weighted by Crippen LogP contribution is 2.30. The number of halogens is 2. The monoisotopic (exact) mass is 410 g/mol. The first-order valence-electron chi connectivity index (χ1n) is 5.16. The maximum atomic E-state index is 9.43. The van der Waals surface area contributed by atoms with Gasteiger partial charge in [0.05, 0.1) is 0 Å². The van der Waals surface area contributed by atoms with E-state index in [1.807, 2.05) is 0 Å². The molecule has 0 aliphatic carbocycles. The van der Waals surface area contributed by atoms with Crippen molar-refractivity contribution in [3.63, 3.8) is 0 Å². The summed E-state index contributed by atoms with van der Waals surface area (Å²) in [6.45, 7) is 2.24. The summed E-state index contributed by atoms with van der Waals surface area (Å²) >= 11 is 4.19. The number of unbranched alkanes of at least 4 members (excludes halogenated alkanes) is 6. The van der Waals surface area contributed by atoms with Gasteiger partial charge >= 0.3 is 0 Å². The molecule has 3 heteroatoms. The molecule has 0 aromatic heterocycles. The molecule has 0 radical (unpaired) electrons. The molecule has 0 aliphatic rings. The zero-order valence-electron chi connectivity index (χ0n) is 8.36. The van der Waals surface area contributed by atoms with Crippen molar-refractivity contribution in [3.8, 4) is 0 Å². The van der Waals surface area contributed by atoms with Crippen molar-refractivity contribution in [2.24, 2.45) is 0 Å². The van der Waals surface area contributed by atoms with Gasteiger partial charge in [-0.3, -0.25) is 0 Å². The minimum Gasteiger partial charge on any atom is -0.371 e. The fourth-order valence-electron chi connectivity index (χ4n) is 1.29. The van der Waals surface area contributed by atoms with Crippen LogP contribution in [0, 0.1) is 0 Å². The van der Waals surface area contributed by atoms with E-state index in [2.05, 4.69) is 52.1 Å². The van der Waals surface area contributed by atoms with Crippen LogP contribution in [0.4, 0.5) is 0 Å². The molecule has 0 aromatic carbocycles. The molecule has 0 saturated carbocycles. The van der Waals surface area contributed by atoms with Gasteiger partial charge in [0.2, 0.25) is 0 Å². The first kappa shape index (κ1) is 14.4. The van der Waals surface area contributed by atoms with Crippen LogP contribution in [0.15, 0.2) is 0 Å². The summed E-state index contributed by atoms with van der Waals surface area (Å²) < 4.78 is -0.515. The molecular weight excluding hydrogens is 390 g/mol. The normalized spacial score (nSPS) is 12.0. The molecule has 13 heavy (non-hydrogen) atoms. The Morgan fingerprint density at radius 1 is 0.923 bits per heavy atom. The van der Waals surface area contributed by atoms with E-state index in [0.29, 0.717) is 0 Å². The largest absolute Gasteiger partial charge is 0.371 e. The summed E-state index contributed by atoms with van der Waals surface area (Å²) in [6, 6.07) is 0. The zero-order valence-corrected chi connectivity index (χ0v) is 12.7. The standard InChI is InChI=1S/C10H20I2O/c1-2-3-4-5-6-7-8-9-10(11,12)13/h13H,2-9H2,1H3. The smallest absolute Gasteiger partial charge is 0.166 e. The molecule has 0 unspecified atom stereocenters. The van der Waals surface area contributed by atoms with Gasteiger partial charge in [-0.1, -0.05) is 45.4 Å². The quantitative estimate of drug-likeness (QED) is 0.351. The third-order valence-electron chi connectivity index (χ3n) is 2.08. The van der Waals surface area contributed by atoms with Crippen LogP contribution in [-0.2, 0) is 0 Å². The lowest BCUT2D eigenvalue weighted by Crippen LogP contribution is -2.07. The van der Waals surface area contributed by atoms with Crippen LogP contribution < -0.4 is 0 Å². The Labute approximate surface area is 109 Å². The molecule has 1 nitrogen and oxygen atoms in total. The van der Waals surface area contributed by atoms with Gasteiger partial charge in [0.25, 0.3) is 0 Å². The molecule has 0 aromatic rings. The van der Waals surface area contributed by atoms with E-state index < -0.39 is 1.61 Å². The Morgan fingerprint density at radius 3 is 1.85 bits per heavy atom. The molecule has 0 heterocycles. The highest BCUT2D eigenvalue weighted by molar-refractivity contribution is 14.2. The summed E-state index contributed by atoms with van der Waals surface area (Å²) in [7, 11) is 0. The summed E-state index contributed by atoms with van der Waals surface area (Å²) in [6.07, 6.45) is 10.1. The Hall–Kier alpha value is 1.42. The van der Waals surface area contributed by atoms with Crippen molar-refractivity contribution in [1.82, 2.24) is 0 Å². The van der Waals surface area contributed by atoms with Gasteiger partial charge in [-0.05, 0) is 58.0 Å².